The summed E-state index contributed by atoms with van der Waals surface area (Å²) in [5.41, 5.74) is 0.318. The predicted octanol–water partition coefficient (Wildman–Crippen LogP) is 2.15. The molecule has 0 aromatic carbocycles. The average molecular weight is 292 g/mol. The number of H-pyrrole nitrogens is 1. The average Bonchev–Trinajstić information content (AvgIpc) is 2.39. The van der Waals surface area contributed by atoms with Gasteiger partial charge in [0, 0.05) is 17.8 Å². The van der Waals surface area contributed by atoms with Crippen molar-refractivity contribution in [2.24, 2.45) is 0 Å². The molecule has 0 atom stereocenters. The van der Waals surface area contributed by atoms with Crippen LogP contribution in [0.2, 0.25) is 0 Å². The summed E-state index contributed by atoms with van der Waals surface area (Å²) < 4.78 is 1.43. The highest BCUT2D eigenvalue weighted by Crippen LogP contribution is 2.11. The molecular weight excluding hydrogens is 280 g/mol. The highest BCUT2D eigenvalue weighted by atomic mass is 32.1. The molecule has 0 fully saturated rings. The van der Waals surface area contributed by atoms with E-state index >= 15 is 0 Å². The zero-order valence-electron chi connectivity index (χ0n) is 10.7. The van der Waals surface area contributed by atoms with Crippen molar-refractivity contribution in [2.75, 3.05) is 0 Å². The van der Waals surface area contributed by atoms with Crippen LogP contribution in [0.3, 0.4) is 0 Å². The van der Waals surface area contributed by atoms with Crippen molar-refractivity contribution in [2.45, 2.75) is 19.8 Å². The van der Waals surface area contributed by atoms with Crippen molar-refractivity contribution in [3.8, 4) is 5.82 Å². The lowest BCUT2D eigenvalue weighted by atomic mass is 10.2. The van der Waals surface area contributed by atoms with Gasteiger partial charge >= 0.3 is 0 Å². The normalized spacial score (nSPS) is 10.4. The van der Waals surface area contributed by atoms with Crippen LogP contribution >= 0.6 is 12.2 Å². The zero-order valence-corrected chi connectivity index (χ0v) is 11.5. The number of aromatic nitrogens is 3. The third kappa shape index (κ3) is 2.80. The summed E-state index contributed by atoms with van der Waals surface area (Å²) in [5.74, 6) is 0.255. The van der Waals surface area contributed by atoms with Crippen LogP contribution in [0.5, 0.6) is 0 Å². The Morgan fingerprint density at radius 1 is 1.50 bits per heavy atom. The molecule has 2 aromatic rings. The molecule has 20 heavy (non-hydrogen) atoms. The second-order valence-corrected chi connectivity index (χ2v) is 4.54. The van der Waals surface area contributed by atoms with Gasteiger partial charge in [0.25, 0.3) is 11.2 Å². The number of hydrogen-bond acceptors (Lipinski definition) is 5. The van der Waals surface area contributed by atoms with Gasteiger partial charge in [-0.25, -0.2) is 9.55 Å². The van der Waals surface area contributed by atoms with E-state index in [0.717, 1.165) is 24.7 Å². The molecule has 0 radical (unpaired) electrons. The fourth-order valence-corrected chi connectivity index (χ4v) is 2.10. The molecule has 2 aromatic heterocycles. The van der Waals surface area contributed by atoms with Gasteiger partial charge in [-0.15, -0.1) is 0 Å². The van der Waals surface area contributed by atoms with Crippen molar-refractivity contribution in [1.29, 1.82) is 0 Å². The van der Waals surface area contributed by atoms with E-state index < -0.39 is 4.92 Å². The van der Waals surface area contributed by atoms with Crippen molar-refractivity contribution in [3.63, 3.8) is 0 Å². The molecule has 0 saturated heterocycles. The summed E-state index contributed by atoms with van der Waals surface area (Å²) in [5, 5.41) is 10.6. The molecule has 1 N–H and O–H groups in total. The molecule has 0 spiro atoms. The molecular formula is C12H12N4O3S. The Morgan fingerprint density at radius 3 is 2.75 bits per heavy atom. The maximum Gasteiger partial charge on any atom is 0.287 e. The van der Waals surface area contributed by atoms with Crippen molar-refractivity contribution in [3.05, 3.63) is 55.3 Å². The SMILES string of the molecule is CCCc1cc(=O)n(-c2ccc([N+](=O)[O-])cn2)c(=S)[nH]1. The van der Waals surface area contributed by atoms with E-state index in [9.17, 15) is 14.9 Å². The van der Waals surface area contributed by atoms with Crippen molar-refractivity contribution < 1.29 is 4.92 Å². The molecule has 0 aliphatic rings. The number of nitro groups is 1. The monoisotopic (exact) mass is 292 g/mol. The molecule has 8 heteroatoms. The Hall–Kier alpha value is -2.35. The fraction of sp³-hybridized carbons (Fsp3) is 0.250. The van der Waals surface area contributed by atoms with E-state index in [-0.39, 0.29) is 21.8 Å². The summed E-state index contributed by atoms with van der Waals surface area (Å²) in [6, 6.07) is 4.13. The first-order chi connectivity index (χ1) is 9.52. The van der Waals surface area contributed by atoms with Gasteiger partial charge in [0.15, 0.2) is 4.77 Å². The van der Waals surface area contributed by atoms with Crippen LogP contribution in [0.15, 0.2) is 29.2 Å². The third-order valence-electron chi connectivity index (χ3n) is 2.68. The Balaban J connectivity index is 2.50. The Kier molecular flexibility index (Phi) is 4.04. The number of hydrogen-bond donors (Lipinski definition) is 1. The molecule has 0 saturated carbocycles. The lowest BCUT2D eigenvalue weighted by molar-refractivity contribution is -0.385. The molecule has 2 rings (SSSR count). The number of nitrogens with one attached hydrogen (secondary N) is 1. The molecule has 104 valence electrons. The van der Waals surface area contributed by atoms with Crippen molar-refractivity contribution >= 4 is 17.9 Å². The first-order valence-corrected chi connectivity index (χ1v) is 6.40. The topological polar surface area (TPSA) is 93.8 Å². The molecule has 0 unspecified atom stereocenters. The molecule has 0 aliphatic heterocycles. The number of pyridine rings is 1. The van der Waals surface area contributed by atoms with Crippen LogP contribution in [0.25, 0.3) is 5.82 Å². The molecule has 0 amide bonds. The second-order valence-electron chi connectivity index (χ2n) is 4.16. The van der Waals surface area contributed by atoms with E-state index in [4.69, 9.17) is 12.2 Å². The number of aromatic amines is 1. The van der Waals surface area contributed by atoms with Crippen LogP contribution in [0.4, 0.5) is 5.69 Å². The standard InChI is InChI=1S/C12H12N4O3S/c1-2-3-8-6-11(17)15(12(20)14-8)10-5-4-9(7-13-10)16(18)19/h4-7H,2-3H2,1H3,(H,14,20). The minimum absolute atomic E-state index is 0.140. The van der Waals surface area contributed by atoms with Crippen LogP contribution < -0.4 is 5.56 Å². The largest absolute Gasteiger partial charge is 0.335 e. The summed E-state index contributed by atoms with van der Waals surface area (Å²) in [4.78, 5) is 28.9. The van der Waals surface area contributed by atoms with E-state index in [1.54, 1.807) is 0 Å². The Bertz CT molecular complexity index is 717. The zero-order chi connectivity index (χ0) is 14.7. The third-order valence-corrected chi connectivity index (χ3v) is 2.96. The maximum absolute atomic E-state index is 12.1. The highest BCUT2D eigenvalue weighted by molar-refractivity contribution is 7.71. The van der Waals surface area contributed by atoms with Crippen molar-refractivity contribution in [1.82, 2.24) is 14.5 Å². The van der Waals surface area contributed by atoms with Gasteiger partial charge in [-0.3, -0.25) is 14.9 Å². The second kappa shape index (κ2) is 5.74. The lowest BCUT2D eigenvalue weighted by Crippen LogP contribution is -2.21. The smallest absolute Gasteiger partial charge is 0.287 e. The summed E-state index contributed by atoms with van der Waals surface area (Å²) >= 11 is 5.14. The van der Waals surface area contributed by atoms with Gasteiger partial charge in [0.1, 0.15) is 12.0 Å². The van der Waals surface area contributed by atoms with Gasteiger partial charge in [-0.05, 0) is 24.7 Å². The fourth-order valence-electron chi connectivity index (χ4n) is 1.78. The number of aryl methyl sites for hydroxylation is 1. The van der Waals surface area contributed by atoms with E-state index in [1.807, 2.05) is 6.92 Å². The van der Waals surface area contributed by atoms with Gasteiger partial charge < -0.3 is 4.98 Å². The van der Waals surface area contributed by atoms with Crippen LogP contribution in [0, 0.1) is 14.9 Å². The summed E-state index contributed by atoms with van der Waals surface area (Å²) in [6.45, 7) is 2.00. The maximum atomic E-state index is 12.1. The van der Waals surface area contributed by atoms with Crippen LogP contribution in [0.1, 0.15) is 19.0 Å². The van der Waals surface area contributed by atoms with Crippen LogP contribution in [-0.2, 0) is 6.42 Å². The Labute approximate surface area is 119 Å². The van der Waals surface area contributed by atoms with E-state index in [0.29, 0.717) is 0 Å². The molecule has 0 bridgehead atoms. The first-order valence-electron chi connectivity index (χ1n) is 5.99. The Morgan fingerprint density at radius 2 is 2.25 bits per heavy atom. The molecule has 2 heterocycles. The van der Waals surface area contributed by atoms with Gasteiger partial charge in [0.05, 0.1) is 4.92 Å². The number of nitrogens with zero attached hydrogens (tertiary/aromatic N) is 3. The predicted molar refractivity (Wildman–Crippen MR) is 75.7 cm³/mol. The van der Waals surface area contributed by atoms with Crippen LogP contribution in [-0.4, -0.2) is 19.5 Å². The van der Waals surface area contributed by atoms with E-state index in [1.165, 1.54) is 22.8 Å². The minimum Gasteiger partial charge on any atom is -0.335 e. The highest BCUT2D eigenvalue weighted by Gasteiger charge is 2.09. The van der Waals surface area contributed by atoms with Gasteiger partial charge in [0.2, 0.25) is 0 Å². The summed E-state index contributed by atoms with van der Waals surface area (Å²) in [7, 11) is 0. The molecule has 0 aliphatic carbocycles. The summed E-state index contributed by atoms with van der Waals surface area (Å²) in [6.07, 6.45) is 2.72. The van der Waals surface area contributed by atoms with Gasteiger partial charge in [-0.1, -0.05) is 13.3 Å². The first kappa shape index (κ1) is 14.1. The van der Waals surface area contributed by atoms with E-state index in [2.05, 4.69) is 9.97 Å². The number of rotatable bonds is 4. The molecule has 7 nitrogen and oxygen atoms in total. The van der Waals surface area contributed by atoms with Gasteiger partial charge in [-0.2, -0.15) is 0 Å². The lowest BCUT2D eigenvalue weighted by Gasteiger charge is -2.06. The minimum atomic E-state index is -0.551. The quantitative estimate of drug-likeness (QED) is 0.529.